The first-order chi connectivity index (χ1) is 9.56. The van der Waals surface area contributed by atoms with E-state index in [1.807, 2.05) is 18.2 Å². The van der Waals surface area contributed by atoms with Gasteiger partial charge >= 0.3 is 0 Å². The maximum Gasteiger partial charge on any atom is 0.194 e. The van der Waals surface area contributed by atoms with Crippen molar-refractivity contribution in [2.24, 2.45) is 0 Å². The van der Waals surface area contributed by atoms with E-state index in [1.165, 1.54) is 0 Å². The molecule has 2 rings (SSSR count). The number of hydrogen-bond donors (Lipinski definition) is 1. The molecule has 5 heteroatoms. The molecule has 1 aromatic carbocycles. The molecule has 0 unspecified atom stereocenters. The van der Waals surface area contributed by atoms with Crippen LogP contribution in [0.2, 0.25) is 0 Å². The van der Waals surface area contributed by atoms with E-state index < -0.39 is 0 Å². The molecule has 0 saturated heterocycles. The summed E-state index contributed by atoms with van der Waals surface area (Å²) in [5, 5.41) is 3.39. The van der Waals surface area contributed by atoms with Gasteiger partial charge in [-0.2, -0.15) is 0 Å². The molecule has 0 atom stereocenters. The van der Waals surface area contributed by atoms with Crippen LogP contribution in [0.4, 0.5) is 0 Å². The molecule has 3 nitrogen and oxygen atoms in total. The Labute approximate surface area is 136 Å². The second-order valence-corrected chi connectivity index (χ2v) is 6.72. The Morgan fingerprint density at radius 1 is 1.30 bits per heavy atom. The third-order valence-corrected chi connectivity index (χ3v) is 4.05. The fourth-order valence-corrected chi connectivity index (χ4v) is 2.67. The molecule has 0 saturated carbocycles. The molecule has 0 aliphatic heterocycles. The monoisotopic (exact) mass is 400 g/mol. The summed E-state index contributed by atoms with van der Waals surface area (Å²) in [5.41, 5.74) is 1.01. The lowest BCUT2D eigenvalue weighted by Crippen LogP contribution is -2.23. The highest BCUT2D eigenvalue weighted by atomic mass is 79.9. The van der Waals surface area contributed by atoms with E-state index in [1.54, 1.807) is 6.20 Å². The molecule has 0 spiro atoms. The summed E-state index contributed by atoms with van der Waals surface area (Å²) in [7, 11) is 0. The van der Waals surface area contributed by atoms with Crippen LogP contribution in [0.25, 0.3) is 11.3 Å². The summed E-state index contributed by atoms with van der Waals surface area (Å²) < 4.78 is 7.85. The summed E-state index contributed by atoms with van der Waals surface area (Å²) in [5.74, 6) is 1.59. The van der Waals surface area contributed by atoms with Gasteiger partial charge in [-0.15, -0.1) is 0 Å². The van der Waals surface area contributed by atoms with Crippen molar-refractivity contribution in [2.75, 3.05) is 6.54 Å². The first-order valence-corrected chi connectivity index (χ1v) is 8.28. The molecule has 2 aromatic rings. The third kappa shape index (κ3) is 4.43. The van der Waals surface area contributed by atoms with Crippen molar-refractivity contribution in [3.05, 3.63) is 39.2 Å². The predicted molar refractivity (Wildman–Crippen MR) is 88.8 cm³/mol. The number of nitrogens with one attached hydrogen (secondary N) is 1. The van der Waals surface area contributed by atoms with Gasteiger partial charge in [0.15, 0.2) is 11.7 Å². The average Bonchev–Trinajstić information content (AvgIpc) is 2.86. The van der Waals surface area contributed by atoms with E-state index in [9.17, 15) is 0 Å². The van der Waals surface area contributed by atoms with Crippen molar-refractivity contribution in [1.82, 2.24) is 10.3 Å². The van der Waals surface area contributed by atoms with Crippen molar-refractivity contribution >= 4 is 31.9 Å². The Bertz CT molecular complexity index is 567. The summed E-state index contributed by atoms with van der Waals surface area (Å²) in [6.07, 6.45) is 3.67. The van der Waals surface area contributed by atoms with Crippen LogP contribution in [-0.4, -0.2) is 17.6 Å². The molecule has 0 amide bonds. The topological polar surface area (TPSA) is 38.1 Å². The average molecular weight is 402 g/mol. The van der Waals surface area contributed by atoms with Crippen molar-refractivity contribution in [3.63, 3.8) is 0 Å². The van der Waals surface area contributed by atoms with E-state index in [0.717, 1.165) is 45.5 Å². The zero-order valence-corrected chi connectivity index (χ0v) is 14.8. The number of oxazole rings is 1. The molecule has 0 fully saturated rings. The molecule has 0 aliphatic carbocycles. The van der Waals surface area contributed by atoms with Crippen LogP contribution in [0.3, 0.4) is 0 Å². The van der Waals surface area contributed by atoms with Crippen LogP contribution in [-0.2, 0) is 6.42 Å². The van der Waals surface area contributed by atoms with Crippen molar-refractivity contribution in [1.29, 1.82) is 0 Å². The zero-order chi connectivity index (χ0) is 14.5. The molecule has 108 valence electrons. The SMILES string of the molecule is CC(C)NCCCc1ncc(-c2cc(Br)ccc2Br)o1. The largest absolute Gasteiger partial charge is 0.441 e. The van der Waals surface area contributed by atoms with E-state index in [4.69, 9.17) is 4.42 Å². The molecule has 1 N–H and O–H groups in total. The van der Waals surface area contributed by atoms with Gasteiger partial charge in [0.1, 0.15) is 0 Å². The molecule has 1 heterocycles. The van der Waals surface area contributed by atoms with Gasteiger partial charge in [-0.3, -0.25) is 0 Å². The molecule has 1 aromatic heterocycles. The highest BCUT2D eigenvalue weighted by Gasteiger charge is 2.10. The minimum Gasteiger partial charge on any atom is -0.441 e. The van der Waals surface area contributed by atoms with Gasteiger partial charge in [-0.25, -0.2) is 4.98 Å². The second-order valence-electron chi connectivity index (χ2n) is 4.95. The fraction of sp³-hybridized carbons (Fsp3) is 0.400. The van der Waals surface area contributed by atoms with E-state index >= 15 is 0 Å². The Kier molecular flexibility index (Phi) is 5.81. The van der Waals surface area contributed by atoms with Crippen LogP contribution >= 0.6 is 31.9 Å². The number of aromatic nitrogens is 1. The van der Waals surface area contributed by atoms with Gasteiger partial charge in [0.2, 0.25) is 0 Å². The number of nitrogens with zero attached hydrogens (tertiary/aromatic N) is 1. The van der Waals surface area contributed by atoms with Gasteiger partial charge in [0, 0.05) is 27.0 Å². The van der Waals surface area contributed by atoms with E-state index in [-0.39, 0.29) is 0 Å². The van der Waals surface area contributed by atoms with Crippen LogP contribution in [0.5, 0.6) is 0 Å². The first-order valence-electron chi connectivity index (χ1n) is 6.70. The normalized spacial score (nSPS) is 11.2. The van der Waals surface area contributed by atoms with Gasteiger partial charge in [-0.05, 0) is 31.2 Å². The van der Waals surface area contributed by atoms with Gasteiger partial charge in [0.05, 0.1) is 6.20 Å². The Morgan fingerprint density at radius 2 is 2.10 bits per heavy atom. The standard InChI is InChI=1S/C15H18Br2N2O/c1-10(2)18-7-3-4-15-19-9-14(20-15)12-8-11(16)5-6-13(12)17/h5-6,8-10,18H,3-4,7H2,1-2H3. The summed E-state index contributed by atoms with van der Waals surface area (Å²) in [6, 6.07) is 6.53. The molecule has 0 radical (unpaired) electrons. The number of hydrogen-bond acceptors (Lipinski definition) is 3. The highest BCUT2D eigenvalue weighted by molar-refractivity contribution is 9.11. The van der Waals surface area contributed by atoms with Crippen LogP contribution in [0.15, 0.2) is 37.8 Å². The van der Waals surface area contributed by atoms with Gasteiger partial charge in [-0.1, -0.05) is 45.7 Å². The van der Waals surface area contributed by atoms with Crippen LogP contribution < -0.4 is 5.32 Å². The molecular formula is C15H18Br2N2O. The lowest BCUT2D eigenvalue weighted by molar-refractivity contribution is 0.484. The first kappa shape index (κ1) is 15.7. The highest BCUT2D eigenvalue weighted by Crippen LogP contribution is 2.31. The Balaban J connectivity index is 2.00. The van der Waals surface area contributed by atoms with Crippen LogP contribution in [0, 0.1) is 0 Å². The lowest BCUT2D eigenvalue weighted by atomic mass is 10.2. The molecule has 0 aliphatic rings. The van der Waals surface area contributed by atoms with E-state index in [2.05, 4.69) is 56.0 Å². The summed E-state index contributed by atoms with van der Waals surface area (Å²) in [6.45, 7) is 5.28. The van der Waals surface area contributed by atoms with Gasteiger partial charge in [0.25, 0.3) is 0 Å². The number of aryl methyl sites for hydroxylation is 1. The maximum atomic E-state index is 5.82. The molecule has 20 heavy (non-hydrogen) atoms. The fourth-order valence-electron chi connectivity index (χ4n) is 1.87. The Morgan fingerprint density at radius 3 is 2.85 bits per heavy atom. The number of halogens is 2. The molecular weight excluding hydrogens is 384 g/mol. The van der Waals surface area contributed by atoms with E-state index in [0.29, 0.717) is 6.04 Å². The van der Waals surface area contributed by atoms with Crippen molar-refractivity contribution < 1.29 is 4.42 Å². The molecule has 0 bridgehead atoms. The van der Waals surface area contributed by atoms with Crippen molar-refractivity contribution in [3.8, 4) is 11.3 Å². The zero-order valence-electron chi connectivity index (χ0n) is 11.6. The number of benzene rings is 1. The van der Waals surface area contributed by atoms with Gasteiger partial charge < -0.3 is 9.73 Å². The maximum absolute atomic E-state index is 5.82. The predicted octanol–water partition coefficient (Wildman–Crippen LogP) is 4.80. The summed E-state index contributed by atoms with van der Waals surface area (Å²) in [4.78, 5) is 4.35. The summed E-state index contributed by atoms with van der Waals surface area (Å²) >= 11 is 7.01. The smallest absolute Gasteiger partial charge is 0.194 e. The quantitative estimate of drug-likeness (QED) is 0.706. The third-order valence-electron chi connectivity index (χ3n) is 2.87. The minimum atomic E-state index is 0.521. The second kappa shape index (κ2) is 7.38. The number of rotatable bonds is 6. The lowest BCUT2D eigenvalue weighted by Gasteiger charge is -2.06. The van der Waals surface area contributed by atoms with Crippen molar-refractivity contribution in [2.45, 2.75) is 32.7 Å². The Hall–Kier alpha value is -0.650. The minimum absolute atomic E-state index is 0.521. The van der Waals surface area contributed by atoms with Crippen LogP contribution in [0.1, 0.15) is 26.2 Å².